The van der Waals surface area contributed by atoms with Crippen LogP contribution in [-0.2, 0) is 9.59 Å². The molecule has 1 rings (SSSR count). The van der Waals surface area contributed by atoms with E-state index in [0.29, 0.717) is 13.1 Å². The van der Waals surface area contributed by atoms with Crippen molar-refractivity contribution in [3.05, 3.63) is 0 Å². The first kappa shape index (κ1) is 13.0. The average Bonchev–Trinajstić information content (AvgIpc) is 2.43. The molecule has 0 aromatic heterocycles. The van der Waals surface area contributed by atoms with Gasteiger partial charge in [-0.15, -0.1) is 0 Å². The molecule has 1 saturated heterocycles. The summed E-state index contributed by atoms with van der Waals surface area (Å²) < 4.78 is 0. The van der Waals surface area contributed by atoms with Crippen LogP contribution in [0.1, 0.15) is 19.8 Å². The molecule has 0 bridgehead atoms. The lowest BCUT2D eigenvalue weighted by molar-refractivity contribution is -0.140. The van der Waals surface area contributed by atoms with Gasteiger partial charge >= 0.3 is 0 Å². The number of likely N-dealkylation sites (N-methyl/N-ethyl adjacent to an activating group) is 1. The maximum atomic E-state index is 12.0. The summed E-state index contributed by atoms with van der Waals surface area (Å²) in [5.74, 6) is -0.109. The number of nitrogens with zero attached hydrogens (tertiary/aromatic N) is 2. The number of nitrogens with two attached hydrogens (primary N) is 1. The summed E-state index contributed by atoms with van der Waals surface area (Å²) in [4.78, 5) is 27.0. The second kappa shape index (κ2) is 5.84. The third-order valence-electron chi connectivity index (χ3n) is 3.11. The van der Waals surface area contributed by atoms with E-state index in [4.69, 9.17) is 5.73 Å². The van der Waals surface area contributed by atoms with Crippen LogP contribution in [0.15, 0.2) is 0 Å². The lowest BCUT2D eigenvalue weighted by Gasteiger charge is -2.24. The van der Waals surface area contributed by atoms with Crippen molar-refractivity contribution < 1.29 is 9.59 Å². The van der Waals surface area contributed by atoms with E-state index in [9.17, 15) is 9.59 Å². The molecule has 1 atom stereocenters. The highest BCUT2D eigenvalue weighted by Gasteiger charge is 2.26. The zero-order valence-electron chi connectivity index (χ0n) is 10.1. The molecule has 0 saturated carbocycles. The number of amides is 2. The minimum Gasteiger partial charge on any atom is -0.344 e. The van der Waals surface area contributed by atoms with Gasteiger partial charge in [-0.25, -0.2) is 0 Å². The molecule has 0 aromatic carbocycles. The number of hydrogen-bond acceptors (Lipinski definition) is 3. The van der Waals surface area contributed by atoms with Gasteiger partial charge in [0.2, 0.25) is 11.8 Å². The highest BCUT2D eigenvalue weighted by molar-refractivity contribution is 5.86. The van der Waals surface area contributed by atoms with Gasteiger partial charge in [0.15, 0.2) is 0 Å². The van der Waals surface area contributed by atoms with E-state index < -0.39 is 0 Å². The van der Waals surface area contributed by atoms with Gasteiger partial charge in [-0.05, 0) is 12.8 Å². The molecule has 2 N–H and O–H groups in total. The minimum atomic E-state index is -0.142. The van der Waals surface area contributed by atoms with Gasteiger partial charge in [-0.3, -0.25) is 9.59 Å². The Kier molecular flexibility index (Phi) is 4.73. The summed E-state index contributed by atoms with van der Waals surface area (Å²) in [5.41, 5.74) is 5.55. The molecular weight excluding hydrogens is 206 g/mol. The second-order valence-corrected chi connectivity index (χ2v) is 4.27. The molecule has 0 radical (unpaired) electrons. The number of carbonyl (C=O) groups is 2. The maximum Gasteiger partial charge on any atom is 0.241 e. The molecule has 16 heavy (non-hydrogen) atoms. The molecule has 5 nitrogen and oxygen atoms in total. The summed E-state index contributed by atoms with van der Waals surface area (Å²) in [5, 5.41) is 0. The van der Waals surface area contributed by atoms with Gasteiger partial charge in [0.1, 0.15) is 0 Å². The van der Waals surface area contributed by atoms with Crippen molar-refractivity contribution in [2.75, 3.05) is 33.2 Å². The van der Waals surface area contributed by atoms with E-state index in [-0.39, 0.29) is 24.3 Å². The largest absolute Gasteiger partial charge is 0.344 e. The molecule has 1 aliphatic rings. The fourth-order valence-electron chi connectivity index (χ4n) is 1.87. The van der Waals surface area contributed by atoms with Gasteiger partial charge in [-0.2, -0.15) is 0 Å². The topological polar surface area (TPSA) is 66.6 Å². The third-order valence-corrected chi connectivity index (χ3v) is 3.11. The first-order valence-electron chi connectivity index (χ1n) is 5.83. The molecule has 0 spiro atoms. The Balaban J connectivity index is 2.65. The Morgan fingerprint density at radius 2 is 2.19 bits per heavy atom. The monoisotopic (exact) mass is 227 g/mol. The van der Waals surface area contributed by atoms with Gasteiger partial charge in [-0.1, -0.05) is 6.92 Å². The molecule has 0 aliphatic carbocycles. The Hall–Kier alpha value is -1.10. The van der Waals surface area contributed by atoms with Crippen LogP contribution in [0.2, 0.25) is 0 Å². The minimum absolute atomic E-state index is 0.0118. The van der Waals surface area contributed by atoms with E-state index in [1.54, 1.807) is 16.8 Å². The summed E-state index contributed by atoms with van der Waals surface area (Å²) in [6.07, 6.45) is 1.57. The Morgan fingerprint density at radius 1 is 1.50 bits per heavy atom. The Morgan fingerprint density at radius 3 is 2.75 bits per heavy atom. The van der Waals surface area contributed by atoms with Gasteiger partial charge < -0.3 is 15.5 Å². The summed E-state index contributed by atoms with van der Waals surface area (Å²) in [6, 6.07) is 0. The highest BCUT2D eigenvalue weighted by atomic mass is 16.2. The van der Waals surface area contributed by atoms with Crippen LogP contribution in [0.5, 0.6) is 0 Å². The summed E-state index contributed by atoms with van der Waals surface area (Å²) >= 11 is 0. The molecule has 5 heteroatoms. The van der Waals surface area contributed by atoms with E-state index >= 15 is 0 Å². The number of rotatable bonds is 3. The van der Waals surface area contributed by atoms with Crippen molar-refractivity contribution in [2.24, 2.45) is 11.7 Å². The van der Waals surface area contributed by atoms with Crippen molar-refractivity contribution >= 4 is 11.8 Å². The van der Waals surface area contributed by atoms with Crippen LogP contribution in [0.4, 0.5) is 0 Å². The molecule has 92 valence electrons. The summed E-state index contributed by atoms with van der Waals surface area (Å²) in [6.45, 7) is 3.89. The molecular formula is C11H21N3O2. The van der Waals surface area contributed by atoms with Crippen LogP contribution in [0, 0.1) is 5.92 Å². The third kappa shape index (κ3) is 2.95. The zero-order valence-corrected chi connectivity index (χ0v) is 10.1. The van der Waals surface area contributed by atoms with Crippen molar-refractivity contribution in [3.8, 4) is 0 Å². The smallest absolute Gasteiger partial charge is 0.241 e. The summed E-state index contributed by atoms with van der Waals surface area (Å²) in [7, 11) is 1.77. The van der Waals surface area contributed by atoms with E-state index in [0.717, 1.165) is 19.4 Å². The van der Waals surface area contributed by atoms with Crippen LogP contribution in [0.25, 0.3) is 0 Å². The van der Waals surface area contributed by atoms with Gasteiger partial charge in [0.05, 0.1) is 12.5 Å². The first-order valence-corrected chi connectivity index (χ1v) is 5.83. The van der Waals surface area contributed by atoms with Crippen molar-refractivity contribution in [1.29, 1.82) is 0 Å². The van der Waals surface area contributed by atoms with Crippen molar-refractivity contribution in [1.82, 2.24) is 9.80 Å². The molecule has 1 heterocycles. The first-order chi connectivity index (χ1) is 7.60. The molecule has 0 aromatic rings. The SMILES string of the molecule is CCC(CN)C(=O)N1CCCN(C)C(=O)C1. The van der Waals surface area contributed by atoms with Crippen LogP contribution < -0.4 is 5.73 Å². The highest BCUT2D eigenvalue weighted by Crippen LogP contribution is 2.10. The normalized spacial score (nSPS) is 19.6. The van der Waals surface area contributed by atoms with Gasteiger partial charge in [0.25, 0.3) is 0 Å². The second-order valence-electron chi connectivity index (χ2n) is 4.27. The molecule has 2 amide bonds. The lowest BCUT2D eigenvalue weighted by atomic mass is 10.1. The standard InChI is InChI=1S/C11H21N3O2/c1-3-9(7-12)11(16)14-6-4-5-13(2)10(15)8-14/h9H,3-8,12H2,1-2H3. The van der Waals surface area contributed by atoms with Crippen LogP contribution in [0.3, 0.4) is 0 Å². The quantitative estimate of drug-likeness (QED) is 0.717. The fourth-order valence-corrected chi connectivity index (χ4v) is 1.87. The van der Waals surface area contributed by atoms with E-state index in [2.05, 4.69) is 0 Å². The van der Waals surface area contributed by atoms with Crippen LogP contribution in [-0.4, -0.2) is 54.8 Å². The van der Waals surface area contributed by atoms with Crippen molar-refractivity contribution in [3.63, 3.8) is 0 Å². The lowest BCUT2D eigenvalue weighted by Crippen LogP contribution is -2.42. The molecule has 1 fully saturated rings. The average molecular weight is 227 g/mol. The predicted molar refractivity (Wildman–Crippen MR) is 61.7 cm³/mol. The predicted octanol–water partition coefficient (Wildman–Crippen LogP) is -0.338. The Labute approximate surface area is 96.6 Å². The van der Waals surface area contributed by atoms with Gasteiger partial charge in [0, 0.05) is 26.7 Å². The van der Waals surface area contributed by atoms with Crippen molar-refractivity contribution in [2.45, 2.75) is 19.8 Å². The fraction of sp³-hybridized carbons (Fsp3) is 0.818. The number of carbonyl (C=O) groups excluding carboxylic acids is 2. The van der Waals surface area contributed by atoms with Crippen LogP contribution >= 0.6 is 0 Å². The number of hydrogen-bond donors (Lipinski definition) is 1. The Bertz CT molecular complexity index is 264. The maximum absolute atomic E-state index is 12.0. The molecule has 1 aliphatic heterocycles. The zero-order chi connectivity index (χ0) is 12.1. The van der Waals surface area contributed by atoms with E-state index in [1.165, 1.54) is 0 Å². The molecule has 1 unspecified atom stereocenters. The van der Waals surface area contributed by atoms with E-state index in [1.807, 2.05) is 6.92 Å².